The van der Waals surface area contributed by atoms with Crippen molar-refractivity contribution in [2.45, 2.75) is 25.7 Å². The molecule has 1 unspecified atom stereocenters. The van der Waals surface area contributed by atoms with E-state index in [9.17, 15) is 0 Å². The van der Waals surface area contributed by atoms with Crippen LogP contribution in [0.1, 0.15) is 30.0 Å². The second-order valence-electron chi connectivity index (χ2n) is 4.84. The van der Waals surface area contributed by atoms with E-state index in [1.54, 1.807) is 0 Å². The SMILES string of the molecule is Cc1cc2cc(C3CCCNC3)ccc2[nH]1. The Labute approximate surface area is 96.1 Å². The van der Waals surface area contributed by atoms with Crippen LogP contribution >= 0.6 is 0 Å². The lowest BCUT2D eigenvalue weighted by Gasteiger charge is -2.23. The van der Waals surface area contributed by atoms with Gasteiger partial charge in [0.05, 0.1) is 0 Å². The lowest BCUT2D eigenvalue weighted by molar-refractivity contribution is 0.462. The van der Waals surface area contributed by atoms with E-state index < -0.39 is 0 Å². The Hall–Kier alpha value is -1.28. The molecule has 0 saturated carbocycles. The molecule has 0 amide bonds. The van der Waals surface area contributed by atoms with Gasteiger partial charge in [-0.2, -0.15) is 0 Å². The van der Waals surface area contributed by atoms with E-state index in [0.717, 1.165) is 6.54 Å². The molecule has 0 spiro atoms. The fourth-order valence-corrected chi connectivity index (χ4v) is 2.69. The largest absolute Gasteiger partial charge is 0.359 e. The molecule has 2 heterocycles. The zero-order valence-corrected chi connectivity index (χ0v) is 9.72. The first kappa shape index (κ1) is 9.91. The van der Waals surface area contributed by atoms with E-state index in [2.05, 4.69) is 41.5 Å². The molecule has 1 atom stereocenters. The number of piperidine rings is 1. The first-order chi connectivity index (χ1) is 7.83. The van der Waals surface area contributed by atoms with Gasteiger partial charge in [-0.1, -0.05) is 6.07 Å². The predicted octanol–water partition coefficient (Wildman–Crippen LogP) is 2.94. The topological polar surface area (TPSA) is 27.8 Å². The molecule has 1 saturated heterocycles. The van der Waals surface area contributed by atoms with Crippen LogP contribution in [0.4, 0.5) is 0 Å². The molecular formula is C14H18N2. The van der Waals surface area contributed by atoms with Gasteiger partial charge in [-0.15, -0.1) is 0 Å². The van der Waals surface area contributed by atoms with Gasteiger partial charge in [0.15, 0.2) is 0 Å². The van der Waals surface area contributed by atoms with Crippen LogP contribution in [0.25, 0.3) is 10.9 Å². The number of hydrogen-bond acceptors (Lipinski definition) is 1. The van der Waals surface area contributed by atoms with Crippen molar-refractivity contribution >= 4 is 10.9 Å². The van der Waals surface area contributed by atoms with E-state index in [1.807, 2.05) is 0 Å². The molecule has 16 heavy (non-hydrogen) atoms. The van der Waals surface area contributed by atoms with Crippen LogP contribution in [0.2, 0.25) is 0 Å². The highest BCUT2D eigenvalue weighted by Crippen LogP contribution is 2.26. The summed E-state index contributed by atoms with van der Waals surface area (Å²) >= 11 is 0. The van der Waals surface area contributed by atoms with Crippen molar-refractivity contribution in [2.75, 3.05) is 13.1 Å². The Morgan fingerprint density at radius 3 is 3.00 bits per heavy atom. The normalized spacial score (nSPS) is 21.4. The van der Waals surface area contributed by atoms with Gasteiger partial charge in [-0.25, -0.2) is 0 Å². The van der Waals surface area contributed by atoms with E-state index in [-0.39, 0.29) is 0 Å². The Kier molecular flexibility index (Phi) is 2.44. The van der Waals surface area contributed by atoms with Gasteiger partial charge in [-0.05, 0) is 61.4 Å². The Bertz CT molecular complexity index is 492. The number of aryl methyl sites for hydroxylation is 1. The quantitative estimate of drug-likeness (QED) is 0.750. The summed E-state index contributed by atoms with van der Waals surface area (Å²) in [6.07, 6.45) is 2.62. The first-order valence-corrected chi connectivity index (χ1v) is 6.13. The van der Waals surface area contributed by atoms with Gasteiger partial charge >= 0.3 is 0 Å². The summed E-state index contributed by atoms with van der Waals surface area (Å²) in [5, 5.41) is 4.83. The molecule has 3 rings (SSSR count). The summed E-state index contributed by atoms with van der Waals surface area (Å²) in [5.74, 6) is 0.702. The smallest absolute Gasteiger partial charge is 0.0456 e. The van der Waals surface area contributed by atoms with Gasteiger partial charge < -0.3 is 10.3 Å². The van der Waals surface area contributed by atoms with Gasteiger partial charge in [-0.3, -0.25) is 0 Å². The van der Waals surface area contributed by atoms with Crippen LogP contribution in [0, 0.1) is 6.92 Å². The van der Waals surface area contributed by atoms with Gasteiger partial charge in [0.25, 0.3) is 0 Å². The van der Waals surface area contributed by atoms with Crippen LogP contribution < -0.4 is 5.32 Å². The number of nitrogens with one attached hydrogen (secondary N) is 2. The van der Waals surface area contributed by atoms with Crippen molar-refractivity contribution in [3.63, 3.8) is 0 Å². The minimum atomic E-state index is 0.702. The molecule has 0 radical (unpaired) electrons. The highest BCUT2D eigenvalue weighted by molar-refractivity contribution is 5.81. The molecule has 2 heteroatoms. The fourth-order valence-electron chi connectivity index (χ4n) is 2.69. The third-order valence-electron chi connectivity index (χ3n) is 3.55. The number of rotatable bonds is 1. The van der Waals surface area contributed by atoms with Crippen molar-refractivity contribution < 1.29 is 0 Å². The van der Waals surface area contributed by atoms with E-state index in [4.69, 9.17) is 0 Å². The molecule has 84 valence electrons. The van der Waals surface area contributed by atoms with Crippen molar-refractivity contribution in [1.29, 1.82) is 0 Å². The van der Waals surface area contributed by atoms with Crippen molar-refractivity contribution in [3.05, 3.63) is 35.5 Å². The number of benzene rings is 1. The first-order valence-electron chi connectivity index (χ1n) is 6.13. The summed E-state index contributed by atoms with van der Waals surface area (Å²) in [7, 11) is 0. The molecule has 0 aliphatic carbocycles. The standard InChI is InChI=1S/C14H18N2/c1-10-7-13-8-11(4-5-14(13)16-10)12-3-2-6-15-9-12/h4-5,7-8,12,15-16H,2-3,6,9H2,1H3. The Morgan fingerprint density at radius 1 is 1.25 bits per heavy atom. The molecular weight excluding hydrogens is 196 g/mol. The minimum Gasteiger partial charge on any atom is -0.359 e. The van der Waals surface area contributed by atoms with Crippen LogP contribution in [0.3, 0.4) is 0 Å². The van der Waals surface area contributed by atoms with Gasteiger partial charge in [0, 0.05) is 17.8 Å². The zero-order chi connectivity index (χ0) is 11.0. The second kappa shape index (κ2) is 3.95. The van der Waals surface area contributed by atoms with Crippen molar-refractivity contribution in [1.82, 2.24) is 10.3 Å². The third kappa shape index (κ3) is 1.74. The number of H-pyrrole nitrogens is 1. The van der Waals surface area contributed by atoms with Crippen LogP contribution in [-0.4, -0.2) is 18.1 Å². The number of hydrogen-bond donors (Lipinski definition) is 2. The molecule has 1 fully saturated rings. The minimum absolute atomic E-state index is 0.702. The Morgan fingerprint density at radius 2 is 2.19 bits per heavy atom. The lowest BCUT2D eigenvalue weighted by atomic mass is 9.91. The van der Waals surface area contributed by atoms with Crippen LogP contribution in [0.5, 0.6) is 0 Å². The van der Waals surface area contributed by atoms with E-state index in [1.165, 1.54) is 41.5 Å². The molecule has 1 aliphatic rings. The average Bonchev–Trinajstić information content (AvgIpc) is 2.69. The van der Waals surface area contributed by atoms with Crippen molar-refractivity contribution in [2.24, 2.45) is 0 Å². The molecule has 2 N–H and O–H groups in total. The summed E-state index contributed by atoms with van der Waals surface area (Å²) < 4.78 is 0. The summed E-state index contributed by atoms with van der Waals surface area (Å²) in [6.45, 7) is 4.43. The number of aromatic amines is 1. The highest BCUT2D eigenvalue weighted by Gasteiger charge is 2.15. The maximum atomic E-state index is 3.48. The van der Waals surface area contributed by atoms with Gasteiger partial charge in [0.2, 0.25) is 0 Å². The lowest BCUT2D eigenvalue weighted by Crippen LogP contribution is -2.28. The molecule has 2 aromatic rings. The maximum absolute atomic E-state index is 3.48. The molecule has 1 aromatic heterocycles. The maximum Gasteiger partial charge on any atom is 0.0456 e. The Balaban J connectivity index is 1.97. The van der Waals surface area contributed by atoms with E-state index in [0.29, 0.717) is 5.92 Å². The third-order valence-corrected chi connectivity index (χ3v) is 3.55. The van der Waals surface area contributed by atoms with Gasteiger partial charge in [0.1, 0.15) is 0 Å². The molecule has 1 aliphatic heterocycles. The number of fused-ring (bicyclic) bond motifs is 1. The molecule has 0 bridgehead atoms. The number of aromatic nitrogens is 1. The highest BCUT2D eigenvalue weighted by atomic mass is 14.9. The van der Waals surface area contributed by atoms with Crippen LogP contribution in [0.15, 0.2) is 24.3 Å². The fraction of sp³-hybridized carbons (Fsp3) is 0.429. The molecule has 1 aromatic carbocycles. The van der Waals surface area contributed by atoms with Crippen molar-refractivity contribution in [3.8, 4) is 0 Å². The van der Waals surface area contributed by atoms with Crippen LogP contribution in [-0.2, 0) is 0 Å². The summed E-state index contributed by atoms with van der Waals surface area (Å²) in [6, 6.07) is 9.06. The van der Waals surface area contributed by atoms with E-state index >= 15 is 0 Å². The average molecular weight is 214 g/mol. The molecule has 2 nitrogen and oxygen atoms in total. The monoisotopic (exact) mass is 214 g/mol. The zero-order valence-electron chi connectivity index (χ0n) is 9.72. The summed E-state index contributed by atoms with van der Waals surface area (Å²) in [5.41, 5.74) is 3.98. The second-order valence-corrected chi connectivity index (χ2v) is 4.84. The summed E-state index contributed by atoms with van der Waals surface area (Å²) in [4.78, 5) is 3.37. The predicted molar refractivity (Wildman–Crippen MR) is 67.9 cm³/mol.